The van der Waals surface area contributed by atoms with Gasteiger partial charge in [-0.3, -0.25) is 4.79 Å². The van der Waals surface area contributed by atoms with Crippen molar-refractivity contribution in [2.75, 3.05) is 10.6 Å². The maximum absolute atomic E-state index is 12.9. The van der Waals surface area contributed by atoms with Gasteiger partial charge in [0.15, 0.2) is 0 Å². The number of alkyl halides is 3. The summed E-state index contributed by atoms with van der Waals surface area (Å²) >= 11 is 5.89. The van der Waals surface area contributed by atoms with Gasteiger partial charge in [0.1, 0.15) is 0 Å². The lowest BCUT2D eigenvalue weighted by molar-refractivity contribution is -0.137. The highest BCUT2D eigenvalue weighted by atomic mass is 35.5. The van der Waals surface area contributed by atoms with Crippen molar-refractivity contribution in [2.45, 2.75) is 19.1 Å². The van der Waals surface area contributed by atoms with E-state index >= 15 is 0 Å². The van der Waals surface area contributed by atoms with E-state index in [1.54, 1.807) is 30.3 Å². The number of amides is 3. The zero-order valence-electron chi connectivity index (χ0n) is 18.0. The molecule has 0 saturated heterocycles. The average molecular weight is 488 g/mol. The van der Waals surface area contributed by atoms with Crippen LogP contribution in [0.2, 0.25) is 5.02 Å². The number of urea groups is 1. The highest BCUT2D eigenvalue weighted by Crippen LogP contribution is 2.33. The molecule has 3 rings (SSSR count). The molecule has 0 saturated carbocycles. The van der Waals surface area contributed by atoms with E-state index in [1.165, 1.54) is 6.08 Å². The Kier molecular flexibility index (Phi) is 7.96. The van der Waals surface area contributed by atoms with E-state index in [4.69, 9.17) is 11.6 Å². The molecule has 0 spiro atoms. The van der Waals surface area contributed by atoms with Crippen LogP contribution in [-0.2, 0) is 11.0 Å². The van der Waals surface area contributed by atoms with Crippen LogP contribution in [0.1, 0.15) is 29.7 Å². The Morgan fingerprint density at radius 2 is 1.62 bits per heavy atom. The largest absolute Gasteiger partial charge is 0.416 e. The minimum absolute atomic E-state index is 0.0245. The quantitative estimate of drug-likeness (QED) is 0.331. The topological polar surface area (TPSA) is 70.2 Å². The smallest absolute Gasteiger partial charge is 0.346 e. The van der Waals surface area contributed by atoms with Crippen LogP contribution in [0.3, 0.4) is 0 Å². The molecule has 0 aliphatic carbocycles. The van der Waals surface area contributed by atoms with Gasteiger partial charge in [-0.1, -0.05) is 54.1 Å². The predicted octanol–water partition coefficient (Wildman–Crippen LogP) is 6.89. The van der Waals surface area contributed by atoms with Crippen LogP contribution < -0.4 is 16.0 Å². The molecule has 1 atom stereocenters. The first kappa shape index (κ1) is 24.9. The molecule has 34 heavy (non-hydrogen) atoms. The Morgan fingerprint density at radius 1 is 0.941 bits per heavy atom. The summed E-state index contributed by atoms with van der Waals surface area (Å²) in [5.41, 5.74) is 1.02. The summed E-state index contributed by atoms with van der Waals surface area (Å²) in [4.78, 5) is 24.3. The SMILES string of the molecule is CC(NC(=O)/C=C/c1ccc(NC(=O)Nc2cc(C(F)(F)F)ccc2Cl)cc1)c1ccccc1. The third-order valence-corrected chi connectivity index (χ3v) is 5.13. The van der Waals surface area contributed by atoms with Crippen molar-refractivity contribution in [2.24, 2.45) is 0 Å². The van der Waals surface area contributed by atoms with Crippen molar-refractivity contribution in [3.8, 4) is 0 Å². The van der Waals surface area contributed by atoms with Gasteiger partial charge in [0.05, 0.1) is 22.3 Å². The Morgan fingerprint density at radius 3 is 2.26 bits per heavy atom. The van der Waals surface area contributed by atoms with Crippen LogP contribution in [0.4, 0.5) is 29.3 Å². The number of hydrogen-bond donors (Lipinski definition) is 3. The van der Waals surface area contributed by atoms with Crippen molar-refractivity contribution in [3.63, 3.8) is 0 Å². The lowest BCUT2D eigenvalue weighted by atomic mass is 10.1. The molecule has 0 bridgehead atoms. The van der Waals surface area contributed by atoms with Crippen molar-refractivity contribution < 1.29 is 22.8 Å². The Hall–Kier alpha value is -3.78. The molecule has 3 amide bonds. The van der Waals surface area contributed by atoms with Crippen LogP contribution >= 0.6 is 11.6 Å². The molecule has 0 heterocycles. The van der Waals surface area contributed by atoms with E-state index in [9.17, 15) is 22.8 Å². The Bertz CT molecular complexity index is 1180. The fourth-order valence-corrected chi connectivity index (χ4v) is 3.18. The Labute approximate surface area is 199 Å². The maximum Gasteiger partial charge on any atom is 0.416 e. The maximum atomic E-state index is 12.9. The standard InChI is InChI=1S/C25H21ClF3N3O2/c1-16(18-5-3-2-4-6-18)30-23(33)14-9-17-7-11-20(12-8-17)31-24(34)32-22-15-19(25(27,28)29)10-13-21(22)26/h2-16H,1H3,(H,30,33)(H2,31,32,34)/b14-9+. The van der Waals surface area contributed by atoms with Gasteiger partial charge in [-0.2, -0.15) is 13.2 Å². The van der Waals surface area contributed by atoms with Crippen molar-refractivity contribution in [3.05, 3.63) is 101 Å². The summed E-state index contributed by atoms with van der Waals surface area (Å²) < 4.78 is 38.6. The van der Waals surface area contributed by atoms with E-state index in [1.807, 2.05) is 37.3 Å². The van der Waals surface area contributed by atoms with Crippen LogP contribution in [-0.4, -0.2) is 11.9 Å². The van der Waals surface area contributed by atoms with E-state index < -0.39 is 17.8 Å². The minimum Gasteiger partial charge on any atom is -0.346 e. The number of carbonyl (C=O) groups is 2. The van der Waals surface area contributed by atoms with E-state index in [2.05, 4.69) is 16.0 Å². The lowest BCUT2D eigenvalue weighted by Gasteiger charge is -2.13. The van der Waals surface area contributed by atoms with Gasteiger partial charge in [0, 0.05) is 11.8 Å². The van der Waals surface area contributed by atoms with Gasteiger partial charge in [-0.25, -0.2) is 4.79 Å². The molecule has 0 radical (unpaired) electrons. The highest BCUT2D eigenvalue weighted by Gasteiger charge is 2.31. The molecule has 0 aromatic heterocycles. The third-order valence-electron chi connectivity index (χ3n) is 4.80. The zero-order valence-corrected chi connectivity index (χ0v) is 18.7. The van der Waals surface area contributed by atoms with Crippen molar-refractivity contribution in [1.82, 2.24) is 5.32 Å². The monoisotopic (exact) mass is 487 g/mol. The van der Waals surface area contributed by atoms with Gasteiger partial charge in [-0.05, 0) is 54.5 Å². The minimum atomic E-state index is -4.56. The molecule has 0 aliphatic heterocycles. The Balaban J connectivity index is 1.55. The van der Waals surface area contributed by atoms with Gasteiger partial charge < -0.3 is 16.0 Å². The number of nitrogens with one attached hydrogen (secondary N) is 3. The van der Waals surface area contributed by atoms with Gasteiger partial charge in [0.25, 0.3) is 0 Å². The first-order valence-electron chi connectivity index (χ1n) is 10.2. The lowest BCUT2D eigenvalue weighted by Crippen LogP contribution is -2.24. The van der Waals surface area contributed by atoms with Gasteiger partial charge in [-0.15, -0.1) is 0 Å². The zero-order chi connectivity index (χ0) is 24.7. The van der Waals surface area contributed by atoms with Gasteiger partial charge >= 0.3 is 12.2 Å². The molecular weight excluding hydrogens is 467 g/mol. The number of halogens is 4. The van der Waals surface area contributed by atoms with Crippen LogP contribution in [0.25, 0.3) is 6.08 Å². The van der Waals surface area contributed by atoms with Gasteiger partial charge in [0.2, 0.25) is 5.91 Å². The molecule has 176 valence electrons. The average Bonchev–Trinajstić information content (AvgIpc) is 2.80. The van der Waals surface area contributed by atoms with E-state index in [0.717, 1.165) is 29.3 Å². The summed E-state index contributed by atoms with van der Waals surface area (Å²) in [6, 6.07) is 17.9. The second kappa shape index (κ2) is 10.9. The van der Waals surface area contributed by atoms with Crippen molar-refractivity contribution in [1.29, 1.82) is 0 Å². The summed E-state index contributed by atoms with van der Waals surface area (Å²) in [5.74, 6) is -0.254. The molecule has 3 N–H and O–H groups in total. The molecule has 0 fully saturated rings. The molecule has 3 aromatic rings. The fraction of sp³-hybridized carbons (Fsp3) is 0.120. The second-order valence-corrected chi connectivity index (χ2v) is 7.78. The molecule has 3 aromatic carbocycles. The number of carbonyl (C=O) groups excluding carboxylic acids is 2. The first-order chi connectivity index (χ1) is 16.1. The molecule has 9 heteroatoms. The summed E-state index contributed by atoms with van der Waals surface area (Å²) in [7, 11) is 0. The number of anilines is 2. The number of rotatable bonds is 6. The van der Waals surface area contributed by atoms with Crippen LogP contribution in [0.5, 0.6) is 0 Å². The van der Waals surface area contributed by atoms with Crippen LogP contribution in [0, 0.1) is 0 Å². The summed E-state index contributed by atoms with van der Waals surface area (Å²) in [5, 5.41) is 7.68. The molecule has 0 aliphatic rings. The van der Waals surface area contributed by atoms with E-state index in [0.29, 0.717) is 5.69 Å². The third kappa shape index (κ3) is 7.11. The van der Waals surface area contributed by atoms with Crippen molar-refractivity contribution >= 4 is 41.0 Å². The summed E-state index contributed by atoms with van der Waals surface area (Å²) in [6.07, 6.45) is -1.53. The molecule has 1 unspecified atom stereocenters. The molecular formula is C25H21ClF3N3O2. The second-order valence-electron chi connectivity index (χ2n) is 7.37. The number of hydrogen-bond acceptors (Lipinski definition) is 2. The highest BCUT2D eigenvalue weighted by molar-refractivity contribution is 6.33. The molecule has 5 nitrogen and oxygen atoms in total. The van der Waals surface area contributed by atoms with E-state index in [-0.39, 0.29) is 22.7 Å². The summed E-state index contributed by atoms with van der Waals surface area (Å²) in [6.45, 7) is 1.89. The fourth-order valence-electron chi connectivity index (χ4n) is 3.02. The normalized spacial score (nSPS) is 12.3. The number of benzene rings is 3. The predicted molar refractivity (Wildman–Crippen MR) is 128 cm³/mol. The van der Waals surface area contributed by atoms with Crippen LogP contribution in [0.15, 0.2) is 78.9 Å². The first-order valence-corrected chi connectivity index (χ1v) is 10.6.